The lowest BCUT2D eigenvalue weighted by atomic mass is 10.0. The molecular formula is C23H32N2O2S. The summed E-state index contributed by atoms with van der Waals surface area (Å²) in [6.07, 6.45) is 7.52. The van der Waals surface area contributed by atoms with Crippen molar-refractivity contribution < 1.29 is 10.2 Å². The fourth-order valence-corrected chi connectivity index (χ4v) is 4.72. The molecule has 0 radical (unpaired) electrons. The van der Waals surface area contributed by atoms with Crippen LogP contribution in [0.1, 0.15) is 63.5 Å². The van der Waals surface area contributed by atoms with Crippen LogP contribution >= 0.6 is 11.9 Å². The van der Waals surface area contributed by atoms with Crippen LogP contribution in [0.15, 0.2) is 41.3 Å². The Labute approximate surface area is 173 Å². The molecule has 2 aromatic rings. The van der Waals surface area contributed by atoms with E-state index in [2.05, 4.69) is 41.7 Å². The molecule has 0 bridgehead atoms. The minimum Gasteiger partial charge on any atom is -0.508 e. The summed E-state index contributed by atoms with van der Waals surface area (Å²) in [6.45, 7) is 6.22. The van der Waals surface area contributed by atoms with Crippen molar-refractivity contribution >= 4 is 17.6 Å². The molecule has 0 amide bonds. The van der Waals surface area contributed by atoms with Crippen molar-refractivity contribution in [1.29, 1.82) is 0 Å². The van der Waals surface area contributed by atoms with Gasteiger partial charge in [0.15, 0.2) is 0 Å². The van der Waals surface area contributed by atoms with Crippen molar-refractivity contribution in [2.75, 3.05) is 5.32 Å². The maximum Gasteiger partial charge on any atom is 0.134 e. The number of benzene rings is 2. The number of unbranched alkanes of at least 4 members (excludes halogenated alkanes) is 2. The first-order chi connectivity index (χ1) is 13.6. The summed E-state index contributed by atoms with van der Waals surface area (Å²) in [5.41, 5.74) is 3.90. The van der Waals surface area contributed by atoms with Crippen molar-refractivity contribution in [2.24, 2.45) is 0 Å². The fraction of sp³-hybridized carbons (Fsp3) is 0.478. The van der Waals surface area contributed by atoms with E-state index in [0.717, 1.165) is 18.0 Å². The van der Waals surface area contributed by atoms with Crippen LogP contribution in [0.2, 0.25) is 0 Å². The number of phenolic OH excluding ortho intramolecular Hbond substituents is 2. The van der Waals surface area contributed by atoms with Crippen molar-refractivity contribution in [3.8, 4) is 11.5 Å². The summed E-state index contributed by atoms with van der Waals surface area (Å²) in [5, 5.41) is 23.2. The molecule has 3 N–H and O–H groups in total. The number of phenols is 2. The molecular weight excluding hydrogens is 368 g/mol. The van der Waals surface area contributed by atoms with Crippen LogP contribution in [0.25, 0.3) is 0 Å². The summed E-state index contributed by atoms with van der Waals surface area (Å²) < 4.78 is 2.24. The van der Waals surface area contributed by atoms with Gasteiger partial charge < -0.3 is 15.5 Å². The van der Waals surface area contributed by atoms with E-state index >= 15 is 0 Å². The first-order valence-electron chi connectivity index (χ1n) is 10.4. The smallest absolute Gasteiger partial charge is 0.134 e. The zero-order chi connectivity index (χ0) is 19.9. The van der Waals surface area contributed by atoms with Gasteiger partial charge >= 0.3 is 0 Å². The molecule has 1 atom stereocenters. The number of anilines is 1. The molecule has 0 aliphatic carbocycles. The van der Waals surface area contributed by atoms with Crippen molar-refractivity contribution in [2.45, 2.75) is 76.4 Å². The lowest BCUT2D eigenvalue weighted by Gasteiger charge is -2.20. The number of nitrogens with zero attached hydrogens (tertiary/aromatic N) is 1. The zero-order valence-electron chi connectivity index (χ0n) is 16.9. The van der Waals surface area contributed by atoms with Gasteiger partial charge in [0.2, 0.25) is 0 Å². The van der Waals surface area contributed by atoms with Gasteiger partial charge in [0, 0.05) is 30.9 Å². The maximum atomic E-state index is 10.0. The van der Waals surface area contributed by atoms with E-state index in [1.165, 1.54) is 73.4 Å². The quantitative estimate of drug-likeness (QED) is 0.324. The van der Waals surface area contributed by atoms with Crippen LogP contribution in [0.3, 0.4) is 0 Å². The molecule has 0 saturated heterocycles. The molecule has 0 saturated carbocycles. The van der Waals surface area contributed by atoms with E-state index in [4.69, 9.17) is 0 Å². The number of fused-ring (bicyclic) bond motifs is 1. The molecule has 0 fully saturated rings. The van der Waals surface area contributed by atoms with Crippen LogP contribution in [-0.4, -0.2) is 20.6 Å². The lowest BCUT2D eigenvalue weighted by Crippen LogP contribution is -2.19. The predicted molar refractivity (Wildman–Crippen MR) is 118 cm³/mol. The molecule has 1 heterocycles. The summed E-state index contributed by atoms with van der Waals surface area (Å²) in [5.74, 6) is 0.209. The summed E-state index contributed by atoms with van der Waals surface area (Å²) in [7, 11) is 0. The van der Waals surface area contributed by atoms with Gasteiger partial charge in [0.25, 0.3) is 0 Å². The van der Waals surface area contributed by atoms with Crippen molar-refractivity contribution in [3.63, 3.8) is 0 Å². The second-order valence-electron chi connectivity index (χ2n) is 7.65. The van der Waals surface area contributed by atoms with Crippen LogP contribution in [0.4, 0.5) is 5.69 Å². The monoisotopic (exact) mass is 400 g/mol. The van der Waals surface area contributed by atoms with Crippen LogP contribution in [-0.2, 0) is 13.1 Å². The Balaban J connectivity index is 1.61. The van der Waals surface area contributed by atoms with E-state index in [1.807, 2.05) is 0 Å². The van der Waals surface area contributed by atoms with E-state index in [0.29, 0.717) is 6.04 Å². The van der Waals surface area contributed by atoms with Gasteiger partial charge in [-0.15, -0.1) is 0 Å². The normalized spacial score (nSPS) is 14.8. The average Bonchev–Trinajstić information content (AvgIpc) is 3.06. The number of aromatic hydroxyl groups is 2. The maximum absolute atomic E-state index is 10.0. The average molecular weight is 401 g/mol. The van der Waals surface area contributed by atoms with E-state index in [-0.39, 0.29) is 11.5 Å². The Morgan fingerprint density at radius 2 is 1.79 bits per heavy atom. The third kappa shape index (κ3) is 5.58. The van der Waals surface area contributed by atoms with E-state index < -0.39 is 0 Å². The molecule has 0 aromatic heterocycles. The Bertz CT molecular complexity index is 781. The second kappa shape index (κ2) is 10.1. The molecule has 3 rings (SSSR count). The van der Waals surface area contributed by atoms with Crippen molar-refractivity contribution in [1.82, 2.24) is 4.31 Å². The van der Waals surface area contributed by atoms with E-state index in [1.54, 1.807) is 12.1 Å². The second-order valence-corrected chi connectivity index (χ2v) is 8.79. The molecule has 5 heteroatoms. The minimum absolute atomic E-state index is 0.0860. The molecule has 2 aromatic carbocycles. The zero-order valence-corrected chi connectivity index (χ0v) is 17.8. The van der Waals surface area contributed by atoms with Gasteiger partial charge in [-0.2, -0.15) is 0 Å². The summed E-state index contributed by atoms with van der Waals surface area (Å²) in [4.78, 5) is 0.767. The van der Waals surface area contributed by atoms with Crippen LogP contribution in [0, 0.1) is 0 Å². The van der Waals surface area contributed by atoms with Gasteiger partial charge in [0.1, 0.15) is 11.5 Å². The molecule has 4 nitrogen and oxygen atoms in total. The van der Waals surface area contributed by atoms with Crippen molar-refractivity contribution in [3.05, 3.63) is 47.5 Å². The third-order valence-corrected chi connectivity index (χ3v) is 6.29. The molecule has 1 aliphatic heterocycles. The Morgan fingerprint density at radius 1 is 0.964 bits per heavy atom. The van der Waals surface area contributed by atoms with Crippen LogP contribution < -0.4 is 5.32 Å². The summed E-state index contributed by atoms with van der Waals surface area (Å²) in [6, 6.07) is 12.0. The van der Waals surface area contributed by atoms with Gasteiger partial charge in [-0.25, -0.2) is 4.31 Å². The van der Waals surface area contributed by atoms with Gasteiger partial charge in [-0.05, 0) is 60.2 Å². The highest BCUT2D eigenvalue weighted by Gasteiger charge is 2.21. The first-order valence-corrected chi connectivity index (χ1v) is 11.2. The number of nitrogens with one attached hydrogen (secondary N) is 1. The fourth-order valence-electron chi connectivity index (χ4n) is 3.75. The topological polar surface area (TPSA) is 55.7 Å². The molecule has 1 aliphatic rings. The molecule has 152 valence electrons. The minimum atomic E-state index is 0.0860. The standard InChI is InChI=1S/C23H32N2O2S/c1-3-5-6-8-19(7-4-2)24-20-10-9-17-15-25(16-18(17)13-20)28-23-12-11-21(26)14-22(23)27/h9-14,19,24,26-27H,3-8,15-16H2,1-2H3. The lowest BCUT2D eigenvalue weighted by molar-refractivity contribution is 0.439. The predicted octanol–water partition coefficient (Wildman–Crippen LogP) is 6.28. The van der Waals surface area contributed by atoms with Gasteiger partial charge in [0.05, 0.1) is 4.90 Å². The molecule has 28 heavy (non-hydrogen) atoms. The summed E-state index contributed by atoms with van der Waals surface area (Å²) >= 11 is 1.54. The number of rotatable bonds is 10. The first kappa shape index (κ1) is 20.9. The highest BCUT2D eigenvalue weighted by atomic mass is 32.2. The Morgan fingerprint density at radius 3 is 2.54 bits per heavy atom. The van der Waals surface area contributed by atoms with Crippen LogP contribution in [0.5, 0.6) is 11.5 Å². The Kier molecular flexibility index (Phi) is 7.51. The van der Waals surface area contributed by atoms with Gasteiger partial charge in [-0.3, -0.25) is 0 Å². The molecule has 1 unspecified atom stereocenters. The SMILES string of the molecule is CCCCCC(CCC)Nc1ccc2c(c1)CN(Sc1ccc(O)cc1O)C2. The third-order valence-electron chi connectivity index (χ3n) is 5.23. The number of hydrogen-bond acceptors (Lipinski definition) is 5. The van der Waals surface area contributed by atoms with Gasteiger partial charge in [-0.1, -0.05) is 45.6 Å². The highest BCUT2D eigenvalue weighted by Crippen LogP contribution is 2.38. The Hall–Kier alpha value is -1.85. The van der Waals surface area contributed by atoms with E-state index in [9.17, 15) is 10.2 Å². The number of hydrogen-bond donors (Lipinski definition) is 3. The molecule has 0 spiro atoms. The highest BCUT2D eigenvalue weighted by molar-refractivity contribution is 7.97. The largest absolute Gasteiger partial charge is 0.508 e.